The third-order valence-electron chi connectivity index (χ3n) is 8.43. The van der Waals surface area contributed by atoms with Crippen molar-refractivity contribution in [3.8, 4) is 5.75 Å². The van der Waals surface area contributed by atoms with E-state index in [4.69, 9.17) is 14.9 Å². The summed E-state index contributed by atoms with van der Waals surface area (Å²) in [6.07, 6.45) is 3.92. The van der Waals surface area contributed by atoms with Crippen molar-refractivity contribution in [2.75, 3.05) is 20.2 Å². The van der Waals surface area contributed by atoms with Crippen molar-refractivity contribution in [2.24, 2.45) is 5.92 Å². The standard InChI is InChI=1S/C36H39N5O2/c1-43-32-16-12-27(13-17-32)25-41-34(18-14-26-7-3-2-4-8-26)39-40-35(41)33(38-36(42)30-19-21-37-22-20-30)24-28-11-15-29-9-5-6-10-31(29)23-28/h2-13,15-17,23,30,33,37H,14,18-22,24-25H2,1H3,(H,38,42)/t33-/m1/s1. The molecule has 6 rings (SSSR count). The molecule has 1 amide bonds. The molecule has 0 spiro atoms. The number of hydrogen-bond donors (Lipinski definition) is 2. The first-order valence-corrected chi connectivity index (χ1v) is 15.2. The molecule has 220 valence electrons. The van der Waals surface area contributed by atoms with E-state index in [0.29, 0.717) is 13.0 Å². The molecular weight excluding hydrogens is 534 g/mol. The highest BCUT2D eigenvalue weighted by Crippen LogP contribution is 2.25. The molecule has 1 aromatic heterocycles. The molecule has 4 aromatic carbocycles. The lowest BCUT2D eigenvalue weighted by molar-refractivity contribution is -0.126. The second kappa shape index (κ2) is 13.7. The molecule has 7 nitrogen and oxygen atoms in total. The van der Waals surface area contributed by atoms with Gasteiger partial charge >= 0.3 is 0 Å². The summed E-state index contributed by atoms with van der Waals surface area (Å²) in [5.74, 6) is 2.61. The highest BCUT2D eigenvalue weighted by molar-refractivity contribution is 5.83. The number of methoxy groups -OCH3 is 1. The van der Waals surface area contributed by atoms with E-state index in [1.165, 1.54) is 16.3 Å². The average molecular weight is 574 g/mol. The molecule has 0 saturated carbocycles. The maximum atomic E-state index is 13.6. The van der Waals surface area contributed by atoms with E-state index in [0.717, 1.165) is 67.3 Å². The van der Waals surface area contributed by atoms with Gasteiger partial charge in [-0.25, -0.2) is 0 Å². The van der Waals surface area contributed by atoms with Crippen LogP contribution in [0.3, 0.4) is 0 Å². The van der Waals surface area contributed by atoms with Crippen molar-refractivity contribution in [2.45, 2.75) is 44.7 Å². The minimum atomic E-state index is -0.320. The van der Waals surface area contributed by atoms with E-state index in [9.17, 15) is 4.79 Å². The van der Waals surface area contributed by atoms with Crippen LogP contribution in [0.1, 0.15) is 47.2 Å². The molecule has 0 radical (unpaired) electrons. The van der Waals surface area contributed by atoms with Crippen LogP contribution in [0.2, 0.25) is 0 Å². The molecule has 0 bridgehead atoms. The number of aryl methyl sites for hydroxylation is 2. The summed E-state index contributed by atoms with van der Waals surface area (Å²) in [6.45, 7) is 2.34. The molecule has 5 aromatic rings. The maximum Gasteiger partial charge on any atom is 0.223 e. The summed E-state index contributed by atoms with van der Waals surface area (Å²) in [7, 11) is 1.68. The number of rotatable bonds is 11. The number of hydrogen-bond acceptors (Lipinski definition) is 5. The zero-order valence-corrected chi connectivity index (χ0v) is 24.7. The second-order valence-corrected chi connectivity index (χ2v) is 11.4. The van der Waals surface area contributed by atoms with Gasteiger partial charge in [0.05, 0.1) is 19.7 Å². The van der Waals surface area contributed by atoms with Crippen molar-refractivity contribution in [1.29, 1.82) is 0 Å². The molecule has 0 unspecified atom stereocenters. The number of ether oxygens (including phenoxy) is 1. The fourth-order valence-corrected chi connectivity index (χ4v) is 5.96. The molecule has 1 atom stereocenters. The molecule has 2 N–H and O–H groups in total. The van der Waals surface area contributed by atoms with Gasteiger partial charge in [-0.1, -0.05) is 84.9 Å². The first kappa shape index (κ1) is 28.6. The number of carbonyl (C=O) groups is 1. The van der Waals surface area contributed by atoms with E-state index in [2.05, 4.69) is 94.1 Å². The second-order valence-electron chi connectivity index (χ2n) is 11.4. The molecule has 2 heterocycles. The maximum absolute atomic E-state index is 13.6. The summed E-state index contributed by atoms with van der Waals surface area (Å²) in [4.78, 5) is 13.6. The van der Waals surface area contributed by atoms with Gasteiger partial charge in [-0.3, -0.25) is 4.79 Å². The van der Waals surface area contributed by atoms with Crippen LogP contribution >= 0.6 is 0 Å². The zero-order valence-electron chi connectivity index (χ0n) is 24.7. The SMILES string of the molecule is COc1ccc(Cn2c(CCc3ccccc3)nnc2[C@@H](Cc2ccc3ccccc3c2)NC(=O)C2CCNCC2)cc1. The Morgan fingerprint density at radius 1 is 0.860 bits per heavy atom. The smallest absolute Gasteiger partial charge is 0.223 e. The van der Waals surface area contributed by atoms with Gasteiger partial charge in [0.25, 0.3) is 0 Å². The number of nitrogens with one attached hydrogen (secondary N) is 2. The Bertz CT molecular complexity index is 1640. The van der Waals surface area contributed by atoms with Gasteiger partial charge in [0.1, 0.15) is 11.6 Å². The fourth-order valence-electron chi connectivity index (χ4n) is 5.96. The molecule has 1 fully saturated rings. The quantitative estimate of drug-likeness (QED) is 0.213. The Hall–Kier alpha value is -4.49. The van der Waals surface area contributed by atoms with Gasteiger partial charge in [0.2, 0.25) is 5.91 Å². The van der Waals surface area contributed by atoms with E-state index in [1.807, 2.05) is 18.2 Å². The Balaban J connectivity index is 1.35. The predicted molar refractivity (Wildman–Crippen MR) is 170 cm³/mol. The van der Waals surface area contributed by atoms with Gasteiger partial charge in [-0.2, -0.15) is 0 Å². The predicted octanol–water partition coefficient (Wildman–Crippen LogP) is 5.67. The number of benzene rings is 4. The third-order valence-corrected chi connectivity index (χ3v) is 8.43. The molecule has 1 aliphatic heterocycles. The number of fused-ring (bicyclic) bond motifs is 1. The third kappa shape index (κ3) is 7.12. The lowest BCUT2D eigenvalue weighted by Crippen LogP contribution is -2.41. The van der Waals surface area contributed by atoms with Crippen LogP contribution in [0.15, 0.2) is 97.1 Å². The van der Waals surface area contributed by atoms with Crippen LogP contribution in [-0.4, -0.2) is 40.9 Å². The molecule has 1 aliphatic rings. The van der Waals surface area contributed by atoms with Crippen LogP contribution < -0.4 is 15.4 Å². The summed E-state index contributed by atoms with van der Waals surface area (Å²) >= 11 is 0. The van der Waals surface area contributed by atoms with E-state index in [-0.39, 0.29) is 17.9 Å². The Morgan fingerprint density at radius 3 is 2.35 bits per heavy atom. The number of nitrogens with zero attached hydrogens (tertiary/aromatic N) is 3. The van der Waals surface area contributed by atoms with Crippen LogP contribution in [0, 0.1) is 5.92 Å². The fraction of sp³-hybridized carbons (Fsp3) is 0.306. The van der Waals surface area contributed by atoms with Gasteiger partial charge in [0, 0.05) is 12.3 Å². The summed E-state index contributed by atoms with van der Waals surface area (Å²) in [5, 5.41) is 18.7. The van der Waals surface area contributed by atoms with Gasteiger partial charge < -0.3 is 19.9 Å². The summed E-state index contributed by atoms with van der Waals surface area (Å²) in [5.41, 5.74) is 3.53. The normalized spacial score (nSPS) is 14.4. The molecule has 1 saturated heterocycles. The van der Waals surface area contributed by atoms with Crippen LogP contribution in [0.25, 0.3) is 10.8 Å². The van der Waals surface area contributed by atoms with Crippen LogP contribution in [0.5, 0.6) is 5.75 Å². The first-order chi connectivity index (χ1) is 21.2. The van der Waals surface area contributed by atoms with Crippen molar-refractivity contribution in [3.05, 3.63) is 125 Å². The number of amides is 1. The van der Waals surface area contributed by atoms with Crippen molar-refractivity contribution in [3.63, 3.8) is 0 Å². The number of aromatic nitrogens is 3. The largest absolute Gasteiger partial charge is 0.497 e. The van der Waals surface area contributed by atoms with Gasteiger partial charge in [-0.05, 0) is 78.4 Å². The Kier molecular flexibility index (Phi) is 9.09. The van der Waals surface area contributed by atoms with Gasteiger partial charge in [0.15, 0.2) is 5.82 Å². The molecule has 43 heavy (non-hydrogen) atoms. The van der Waals surface area contributed by atoms with E-state index < -0.39 is 0 Å². The van der Waals surface area contributed by atoms with E-state index >= 15 is 0 Å². The zero-order chi connectivity index (χ0) is 29.4. The van der Waals surface area contributed by atoms with Crippen molar-refractivity contribution >= 4 is 16.7 Å². The average Bonchev–Trinajstić information content (AvgIpc) is 3.46. The summed E-state index contributed by atoms with van der Waals surface area (Å²) < 4.78 is 7.60. The monoisotopic (exact) mass is 573 g/mol. The topological polar surface area (TPSA) is 81.1 Å². The highest BCUT2D eigenvalue weighted by Gasteiger charge is 2.28. The minimum absolute atomic E-state index is 0.00383. The Labute approximate surface area is 253 Å². The summed E-state index contributed by atoms with van der Waals surface area (Å²) in [6, 6.07) is 33.2. The van der Waals surface area contributed by atoms with Crippen molar-refractivity contribution in [1.82, 2.24) is 25.4 Å². The lowest BCUT2D eigenvalue weighted by atomic mass is 9.95. The Morgan fingerprint density at radius 2 is 1.58 bits per heavy atom. The van der Waals surface area contributed by atoms with E-state index in [1.54, 1.807) is 7.11 Å². The first-order valence-electron chi connectivity index (χ1n) is 15.2. The lowest BCUT2D eigenvalue weighted by Gasteiger charge is -2.26. The minimum Gasteiger partial charge on any atom is -0.497 e. The molecule has 0 aliphatic carbocycles. The van der Waals surface area contributed by atoms with Crippen LogP contribution in [-0.2, 0) is 30.6 Å². The number of piperidine rings is 1. The number of carbonyl (C=O) groups excluding carboxylic acids is 1. The van der Waals surface area contributed by atoms with Gasteiger partial charge in [-0.15, -0.1) is 10.2 Å². The highest BCUT2D eigenvalue weighted by atomic mass is 16.5. The van der Waals surface area contributed by atoms with Crippen LogP contribution in [0.4, 0.5) is 0 Å². The van der Waals surface area contributed by atoms with Crippen molar-refractivity contribution < 1.29 is 9.53 Å². The molecule has 7 heteroatoms. The molecular formula is C36H39N5O2.